The fourth-order valence-electron chi connectivity index (χ4n) is 4.68. The van der Waals surface area contributed by atoms with Crippen molar-refractivity contribution in [3.8, 4) is 6.07 Å². The summed E-state index contributed by atoms with van der Waals surface area (Å²) in [5.74, 6) is -0.157. The van der Waals surface area contributed by atoms with Crippen LogP contribution in [0.4, 0.5) is 18.9 Å². The number of hydrogen-bond acceptors (Lipinski definition) is 7. The molecule has 0 aliphatic carbocycles. The molecule has 4 rings (SSSR count). The number of aliphatic hydroxyl groups excluding tert-OH is 1. The van der Waals surface area contributed by atoms with Gasteiger partial charge >= 0.3 is 6.18 Å². The number of aromatic nitrogens is 4. The van der Waals surface area contributed by atoms with Crippen molar-refractivity contribution in [1.29, 1.82) is 5.26 Å². The molecule has 9 nitrogen and oxygen atoms in total. The largest absolute Gasteiger partial charge is 0.417 e. The Morgan fingerprint density at radius 2 is 2.16 bits per heavy atom. The molecule has 2 fully saturated rings. The van der Waals surface area contributed by atoms with Crippen LogP contribution in [0.15, 0.2) is 24.5 Å². The van der Waals surface area contributed by atoms with Crippen LogP contribution in [-0.2, 0) is 17.5 Å². The molecule has 0 saturated carbocycles. The lowest BCUT2D eigenvalue weighted by Gasteiger charge is -2.43. The first kappa shape index (κ1) is 22.0. The number of rotatable bonds is 5. The minimum Gasteiger partial charge on any atom is -0.396 e. The topological polar surface area (TPSA) is 111 Å². The van der Waals surface area contributed by atoms with E-state index in [9.17, 15) is 23.1 Å². The maximum Gasteiger partial charge on any atom is 0.417 e. The second-order valence-electron chi connectivity index (χ2n) is 8.35. The summed E-state index contributed by atoms with van der Waals surface area (Å²) in [5, 5.41) is 29.9. The van der Waals surface area contributed by atoms with Gasteiger partial charge in [0.05, 0.1) is 30.3 Å². The SMILES string of the molecule is N#Cc1ccc(N2CC[C@@]3(CO)CN(C(=O)CCn4cnnn4)C[C@H]3C2)cc1C(F)(F)F. The molecule has 170 valence electrons. The van der Waals surface area contributed by atoms with Crippen molar-refractivity contribution in [1.82, 2.24) is 25.1 Å². The van der Waals surface area contributed by atoms with Crippen molar-refractivity contribution in [2.24, 2.45) is 11.3 Å². The van der Waals surface area contributed by atoms with Gasteiger partial charge in [0, 0.05) is 49.6 Å². The van der Waals surface area contributed by atoms with Crippen molar-refractivity contribution < 1.29 is 23.1 Å². The second kappa shape index (κ2) is 8.38. The van der Waals surface area contributed by atoms with Crippen molar-refractivity contribution in [2.45, 2.75) is 25.6 Å². The number of aliphatic hydroxyl groups is 1. The number of fused-ring (bicyclic) bond motifs is 1. The highest BCUT2D eigenvalue weighted by molar-refractivity contribution is 5.76. The number of tetrazole rings is 1. The van der Waals surface area contributed by atoms with Crippen LogP contribution < -0.4 is 4.90 Å². The molecule has 2 aliphatic rings. The number of benzene rings is 1. The molecule has 2 atom stereocenters. The fraction of sp³-hybridized carbons (Fsp3) is 0.550. The van der Waals surface area contributed by atoms with Gasteiger partial charge in [0.2, 0.25) is 5.91 Å². The predicted octanol–water partition coefficient (Wildman–Crippen LogP) is 1.30. The van der Waals surface area contributed by atoms with E-state index in [1.807, 2.05) is 4.90 Å². The third kappa shape index (κ3) is 4.12. The van der Waals surface area contributed by atoms with Gasteiger partial charge in [-0.05, 0) is 35.0 Å². The van der Waals surface area contributed by atoms with Crippen molar-refractivity contribution in [2.75, 3.05) is 37.7 Å². The number of carbonyl (C=O) groups is 1. The van der Waals surface area contributed by atoms with Crippen LogP contribution in [0.1, 0.15) is 24.0 Å². The van der Waals surface area contributed by atoms with Gasteiger partial charge in [-0.15, -0.1) is 5.10 Å². The number of nitriles is 1. The number of halogens is 3. The van der Waals surface area contributed by atoms with Crippen LogP contribution in [0.3, 0.4) is 0 Å². The molecule has 0 unspecified atom stereocenters. The molecular formula is C20H22F3N7O2. The van der Waals surface area contributed by atoms with Crippen LogP contribution >= 0.6 is 0 Å². The van der Waals surface area contributed by atoms with Crippen molar-refractivity contribution >= 4 is 11.6 Å². The molecule has 3 heterocycles. The molecule has 1 N–H and O–H groups in total. The van der Waals surface area contributed by atoms with E-state index in [0.717, 1.165) is 6.07 Å². The minimum atomic E-state index is -4.62. The summed E-state index contributed by atoms with van der Waals surface area (Å²) in [6.45, 7) is 1.96. The number of nitrogens with zero attached hydrogens (tertiary/aromatic N) is 7. The number of alkyl halides is 3. The Kier molecular flexibility index (Phi) is 5.77. The van der Waals surface area contributed by atoms with E-state index < -0.39 is 22.7 Å². The van der Waals surface area contributed by atoms with Gasteiger partial charge in [0.15, 0.2) is 0 Å². The number of likely N-dealkylation sites (tertiary alicyclic amines) is 1. The van der Waals surface area contributed by atoms with Gasteiger partial charge in [-0.3, -0.25) is 4.79 Å². The van der Waals surface area contributed by atoms with E-state index in [-0.39, 0.29) is 24.9 Å². The predicted molar refractivity (Wildman–Crippen MR) is 105 cm³/mol. The third-order valence-electron chi connectivity index (χ3n) is 6.54. The molecule has 2 aliphatic heterocycles. The van der Waals surface area contributed by atoms with Crippen LogP contribution in [-0.4, -0.2) is 68.9 Å². The highest BCUT2D eigenvalue weighted by Gasteiger charge is 2.50. The van der Waals surface area contributed by atoms with Gasteiger partial charge in [0.25, 0.3) is 0 Å². The zero-order valence-electron chi connectivity index (χ0n) is 17.2. The normalized spacial score (nSPS) is 23.2. The van der Waals surface area contributed by atoms with Gasteiger partial charge in [0.1, 0.15) is 6.33 Å². The van der Waals surface area contributed by atoms with E-state index in [1.165, 1.54) is 23.1 Å². The molecule has 0 bridgehead atoms. The zero-order valence-corrected chi connectivity index (χ0v) is 17.2. The Labute approximate surface area is 182 Å². The average Bonchev–Trinajstić information content (AvgIpc) is 3.44. The first-order valence-electron chi connectivity index (χ1n) is 10.2. The summed E-state index contributed by atoms with van der Waals surface area (Å²) in [5.41, 5.74) is -1.46. The molecule has 0 spiro atoms. The number of carbonyl (C=O) groups excluding carboxylic acids is 1. The molecule has 1 aromatic heterocycles. The molecule has 1 aromatic carbocycles. The minimum absolute atomic E-state index is 0.0768. The summed E-state index contributed by atoms with van der Waals surface area (Å²) >= 11 is 0. The van der Waals surface area contributed by atoms with Crippen LogP contribution in [0.5, 0.6) is 0 Å². The molecule has 2 aromatic rings. The maximum atomic E-state index is 13.4. The lowest BCUT2D eigenvalue weighted by molar-refractivity contribution is -0.137. The number of amides is 1. The standard InChI is InChI=1S/C20H22F3N7O2/c21-20(22,23)17-7-16(2-1-14(17)8-24)28-6-4-19(12-31)11-29(10-15(19)9-28)18(32)3-5-30-13-25-26-27-30/h1-2,7,13,15,31H,3-6,9-12H2/t15-,19+/m1/s1. The number of aryl methyl sites for hydroxylation is 1. The molecular weight excluding hydrogens is 427 g/mol. The van der Waals surface area contributed by atoms with Gasteiger partial charge in [-0.2, -0.15) is 18.4 Å². The third-order valence-corrected chi connectivity index (χ3v) is 6.54. The van der Waals surface area contributed by atoms with Crippen LogP contribution in [0.25, 0.3) is 0 Å². The first-order chi connectivity index (χ1) is 15.3. The maximum absolute atomic E-state index is 13.4. The first-order valence-corrected chi connectivity index (χ1v) is 10.2. The van der Waals surface area contributed by atoms with E-state index in [1.54, 1.807) is 11.0 Å². The number of anilines is 1. The van der Waals surface area contributed by atoms with Crippen LogP contribution in [0.2, 0.25) is 0 Å². The summed E-state index contributed by atoms with van der Waals surface area (Å²) < 4.78 is 41.6. The number of hydrogen-bond donors (Lipinski definition) is 1. The van der Waals surface area contributed by atoms with E-state index in [4.69, 9.17) is 5.26 Å². The second-order valence-corrected chi connectivity index (χ2v) is 8.35. The monoisotopic (exact) mass is 449 g/mol. The van der Waals surface area contributed by atoms with E-state index >= 15 is 0 Å². The molecule has 32 heavy (non-hydrogen) atoms. The average molecular weight is 449 g/mol. The molecule has 1 amide bonds. The zero-order chi connectivity index (χ0) is 22.9. The van der Waals surface area contributed by atoms with Crippen molar-refractivity contribution in [3.63, 3.8) is 0 Å². The Morgan fingerprint density at radius 3 is 2.81 bits per heavy atom. The van der Waals surface area contributed by atoms with Crippen LogP contribution in [0, 0.1) is 22.7 Å². The molecule has 0 radical (unpaired) electrons. The van der Waals surface area contributed by atoms with Gasteiger partial charge in [-0.1, -0.05) is 0 Å². The number of piperidine rings is 1. The summed E-state index contributed by atoms with van der Waals surface area (Å²) in [6, 6.07) is 5.31. The molecule has 2 saturated heterocycles. The molecule has 12 heteroatoms. The Balaban J connectivity index is 1.48. The van der Waals surface area contributed by atoms with E-state index in [0.29, 0.717) is 44.8 Å². The fourth-order valence-corrected chi connectivity index (χ4v) is 4.68. The summed E-state index contributed by atoms with van der Waals surface area (Å²) in [4.78, 5) is 16.3. The lowest BCUT2D eigenvalue weighted by Crippen LogP contribution is -2.49. The Hall–Kier alpha value is -3.20. The summed E-state index contributed by atoms with van der Waals surface area (Å²) in [6.07, 6.45) is -2.43. The Morgan fingerprint density at radius 1 is 1.34 bits per heavy atom. The highest BCUT2D eigenvalue weighted by Crippen LogP contribution is 2.44. The lowest BCUT2D eigenvalue weighted by atomic mass is 9.73. The quantitative estimate of drug-likeness (QED) is 0.733. The highest BCUT2D eigenvalue weighted by atomic mass is 19.4. The van der Waals surface area contributed by atoms with Gasteiger partial charge < -0.3 is 14.9 Å². The smallest absolute Gasteiger partial charge is 0.396 e. The Bertz CT molecular complexity index is 1020. The summed E-state index contributed by atoms with van der Waals surface area (Å²) in [7, 11) is 0. The van der Waals surface area contributed by atoms with Crippen molar-refractivity contribution in [3.05, 3.63) is 35.7 Å². The van der Waals surface area contributed by atoms with Gasteiger partial charge in [-0.25, -0.2) is 4.68 Å². The van der Waals surface area contributed by atoms with E-state index in [2.05, 4.69) is 15.5 Å².